The molecule has 0 heterocycles. The third kappa shape index (κ3) is 5.56. The van der Waals surface area contributed by atoms with Gasteiger partial charge in [0.15, 0.2) is 0 Å². The molecule has 1 nitrogen and oxygen atoms in total. The maximum absolute atomic E-state index is 2.47. The fourth-order valence-electron chi connectivity index (χ4n) is 10.4. The molecule has 10 aromatic rings. The van der Waals surface area contributed by atoms with E-state index in [1.54, 1.807) is 0 Å². The van der Waals surface area contributed by atoms with Crippen molar-refractivity contribution < 1.29 is 0 Å². The van der Waals surface area contributed by atoms with Crippen LogP contribution >= 0.6 is 0 Å². The van der Waals surface area contributed by atoms with Crippen LogP contribution in [0.15, 0.2) is 249 Å². The molecule has 10 aromatic carbocycles. The number of hydrogen-bond acceptors (Lipinski definition) is 1. The van der Waals surface area contributed by atoms with E-state index in [-0.39, 0.29) is 0 Å². The molecular formula is C61H41N. The topological polar surface area (TPSA) is 3.24 Å². The van der Waals surface area contributed by atoms with Crippen LogP contribution in [-0.4, -0.2) is 0 Å². The average molecular weight is 788 g/mol. The largest absolute Gasteiger partial charge is 0.310 e. The molecule has 2 aliphatic rings. The van der Waals surface area contributed by atoms with Gasteiger partial charge in [0.25, 0.3) is 0 Å². The van der Waals surface area contributed by atoms with E-state index in [0.29, 0.717) is 0 Å². The summed E-state index contributed by atoms with van der Waals surface area (Å²) in [4.78, 5) is 2.46. The van der Waals surface area contributed by atoms with Gasteiger partial charge in [-0.3, -0.25) is 0 Å². The summed E-state index contributed by atoms with van der Waals surface area (Å²) in [5.74, 6) is 0. The second-order valence-corrected chi connectivity index (χ2v) is 16.4. The Balaban J connectivity index is 1.12. The van der Waals surface area contributed by atoms with Crippen molar-refractivity contribution in [2.75, 3.05) is 4.90 Å². The molecule has 0 bridgehead atoms. The Morgan fingerprint density at radius 2 is 0.581 bits per heavy atom. The number of rotatable bonds is 6. The van der Waals surface area contributed by atoms with Crippen LogP contribution in [0, 0.1) is 0 Å². The molecule has 12 rings (SSSR count). The van der Waals surface area contributed by atoms with E-state index in [2.05, 4.69) is 254 Å². The Kier molecular flexibility index (Phi) is 8.47. The molecule has 0 aliphatic heterocycles. The van der Waals surface area contributed by atoms with Crippen LogP contribution in [0.3, 0.4) is 0 Å². The monoisotopic (exact) mass is 787 g/mol. The molecule has 0 atom stereocenters. The fraction of sp³-hybridized carbons (Fsp3) is 0.0164. The zero-order chi connectivity index (χ0) is 41.0. The molecule has 0 saturated carbocycles. The lowest BCUT2D eigenvalue weighted by Crippen LogP contribution is -2.28. The Hall–Kier alpha value is -8.00. The lowest BCUT2D eigenvalue weighted by molar-refractivity contribution is 0.768. The van der Waals surface area contributed by atoms with Gasteiger partial charge in [-0.1, -0.05) is 212 Å². The van der Waals surface area contributed by atoms with Gasteiger partial charge in [-0.05, 0) is 125 Å². The van der Waals surface area contributed by atoms with E-state index >= 15 is 0 Å². The molecule has 0 spiro atoms. The van der Waals surface area contributed by atoms with Crippen LogP contribution in [-0.2, 0) is 5.41 Å². The van der Waals surface area contributed by atoms with E-state index in [1.165, 1.54) is 89.0 Å². The summed E-state index contributed by atoms with van der Waals surface area (Å²) in [6.07, 6.45) is 0. The van der Waals surface area contributed by atoms with Crippen LogP contribution in [0.4, 0.5) is 17.1 Å². The minimum Gasteiger partial charge on any atom is -0.310 e. The van der Waals surface area contributed by atoms with Gasteiger partial charge in [-0.15, -0.1) is 0 Å². The maximum Gasteiger partial charge on any atom is 0.0714 e. The van der Waals surface area contributed by atoms with Crippen molar-refractivity contribution in [3.05, 3.63) is 271 Å². The third-order valence-corrected chi connectivity index (χ3v) is 13.1. The van der Waals surface area contributed by atoms with E-state index in [1.807, 2.05) is 0 Å². The average Bonchev–Trinajstić information content (AvgIpc) is 3.65. The maximum atomic E-state index is 2.47. The van der Waals surface area contributed by atoms with Gasteiger partial charge in [0.2, 0.25) is 0 Å². The summed E-state index contributed by atoms with van der Waals surface area (Å²) in [6, 6.07) is 91.8. The molecule has 2 aliphatic carbocycles. The predicted molar refractivity (Wildman–Crippen MR) is 259 cm³/mol. The number of nitrogens with zero attached hydrogens (tertiary/aromatic N) is 1. The van der Waals surface area contributed by atoms with Crippen molar-refractivity contribution in [2.45, 2.75) is 5.41 Å². The molecule has 0 fully saturated rings. The summed E-state index contributed by atoms with van der Waals surface area (Å²) < 4.78 is 0. The molecule has 0 unspecified atom stereocenters. The van der Waals surface area contributed by atoms with Gasteiger partial charge in [-0.2, -0.15) is 0 Å². The summed E-state index contributed by atoms with van der Waals surface area (Å²) in [6.45, 7) is 0. The van der Waals surface area contributed by atoms with Crippen LogP contribution in [0.2, 0.25) is 0 Å². The van der Waals surface area contributed by atoms with E-state index < -0.39 is 5.41 Å². The van der Waals surface area contributed by atoms with E-state index in [0.717, 1.165) is 17.1 Å². The first-order valence-corrected chi connectivity index (χ1v) is 21.5. The molecule has 0 aromatic heterocycles. The van der Waals surface area contributed by atoms with E-state index in [9.17, 15) is 0 Å². The zero-order valence-corrected chi connectivity index (χ0v) is 34.1. The van der Waals surface area contributed by atoms with Crippen LogP contribution in [0.5, 0.6) is 0 Å². The Morgan fingerprint density at radius 3 is 1.11 bits per heavy atom. The van der Waals surface area contributed by atoms with Crippen molar-refractivity contribution in [1.82, 2.24) is 0 Å². The summed E-state index contributed by atoms with van der Waals surface area (Å²) in [5, 5.41) is 0. The van der Waals surface area contributed by atoms with Gasteiger partial charge in [0.1, 0.15) is 0 Å². The molecule has 0 N–H and O–H groups in total. The number of benzene rings is 10. The minimum absolute atomic E-state index is 0.518. The van der Waals surface area contributed by atoms with Crippen LogP contribution in [0.1, 0.15) is 22.3 Å². The highest BCUT2D eigenvalue weighted by Gasteiger charge is 2.46. The second kappa shape index (κ2) is 14.6. The predicted octanol–water partition coefficient (Wildman–Crippen LogP) is 16.2. The number of fused-ring (bicyclic) bond motifs is 11. The molecule has 0 radical (unpaired) electrons. The SMILES string of the molecule is c1ccc(-c2ccc(N(c3ccc4c(c3)-c3ccccc3-c3ccccc3-c3ccccc3-4)c3ccc4c(c3)C(c3ccccc3)(c3ccccc3)c3ccccc3-4)cc2)cc1. The molecule has 1 heteroatoms. The van der Waals surface area contributed by atoms with Gasteiger partial charge in [-0.25, -0.2) is 0 Å². The molecule has 0 amide bonds. The normalized spacial score (nSPS) is 12.6. The van der Waals surface area contributed by atoms with Gasteiger partial charge in [0.05, 0.1) is 5.41 Å². The molecule has 62 heavy (non-hydrogen) atoms. The lowest BCUT2D eigenvalue weighted by atomic mass is 9.67. The van der Waals surface area contributed by atoms with Crippen molar-refractivity contribution in [3.63, 3.8) is 0 Å². The molecule has 290 valence electrons. The van der Waals surface area contributed by atoms with E-state index in [4.69, 9.17) is 0 Å². The highest BCUT2D eigenvalue weighted by molar-refractivity contribution is 6.04. The summed E-state index contributed by atoms with van der Waals surface area (Å²) >= 11 is 0. The Morgan fingerprint density at radius 1 is 0.226 bits per heavy atom. The first kappa shape index (κ1) is 35.9. The van der Waals surface area contributed by atoms with Crippen molar-refractivity contribution in [2.24, 2.45) is 0 Å². The summed E-state index contributed by atoms with van der Waals surface area (Å²) in [7, 11) is 0. The standard InChI is InChI=1S/C61H41N/c1-4-18-42(19-5-1)43-32-34-46(35-33-43)62(47-36-38-55-53-28-13-12-26-51(53)49-24-10-11-25-50(49)52-27-14-15-29-54(52)58(55)40-47)48-37-39-57-56-30-16-17-31-59(56)61(60(57)41-48,44-20-6-2-7-21-44)45-22-8-3-9-23-45/h1-41H. The lowest BCUT2D eigenvalue weighted by Gasteiger charge is -2.35. The number of anilines is 3. The van der Waals surface area contributed by atoms with Crippen LogP contribution < -0.4 is 4.90 Å². The molecule has 0 saturated heterocycles. The van der Waals surface area contributed by atoms with Gasteiger partial charge >= 0.3 is 0 Å². The minimum atomic E-state index is -0.518. The number of hydrogen-bond donors (Lipinski definition) is 0. The van der Waals surface area contributed by atoms with Gasteiger partial charge < -0.3 is 4.90 Å². The Labute approximate surface area is 363 Å². The first-order valence-electron chi connectivity index (χ1n) is 21.5. The summed E-state index contributed by atoms with van der Waals surface area (Å²) in [5.41, 5.74) is 22.7. The molecular weight excluding hydrogens is 747 g/mol. The first-order chi connectivity index (χ1) is 30.8. The fourth-order valence-corrected chi connectivity index (χ4v) is 10.4. The highest BCUT2D eigenvalue weighted by atomic mass is 15.1. The van der Waals surface area contributed by atoms with Crippen molar-refractivity contribution in [3.8, 4) is 66.8 Å². The highest BCUT2D eigenvalue weighted by Crippen LogP contribution is 2.57. The quantitative estimate of drug-likeness (QED) is 0.162. The smallest absolute Gasteiger partial charge is 0.0714 e. The van der Waals surface area contributed by atoms with Crippen LogP contribution in [0.25, 0.3) is 66.8 Å². The van der Waals surface area contributed by atoms with Crippen molar-refractivity contribution >= 4 is 17.1 Å². The Bertz CT molecular complexity index is 3230. The zero-order valence-electron chi connectivity index (χ0n) is 34.1. The third-order valence-electron chi connectivity index (χ3n) is 13.1. The van der Waals surface area contributed by atoms with Crippen molar-refractivity contribution in [1.29, 1.82) is 0 Å². The second-order valence-electron chi connectivity index (χ2n) is 16.4. The van der Waals surface area contributed by atoms with Gasteiger partial charge in [0, 0.05) is 17.1 Å².